The number of anilines is 2. The molecule has 2 aromatic rings. The first-order valence-corrected chi connectivity index (χ1v) is 12.9. The Kier molecular flexibility index (Phi) is 4.81. The van der Waals surface area contributed by atoms with Crippen LogP contribution in [0.2, 0.25) is 5.02 Å². The summed E-state index contributed by atoms with van der Waals surface area (Å²) < 4.78 is 0. The molecule has 6 nitrogen and oxygen atoms in total. The fraction of sp³-hybridized carbons (Fsp3) is 0.545. The van der Waals surface area contributed by atoms with Gasteiger partial charge in [0, 0.05) is 21.8 Å². The van der Waals surface area contributed by atoms with Crippen LogP contribution in [0, 0.1) is 17.8 Å². The van der Waals surface area contributed by atoms with Gasteiger partial charge in [0.05, 0.1) is 10.9 Å². The summed E-state index contributed by atoms with van der Waals surface area (Å²) in [5.74, 6) is 2.13. The summed E-state index contributed by atoms with van der Waals surface area (Å²) in [6.07, 6.45) is 7.93. The molecule has 7 rings (SSSR count). The minimum Gasteiger partial charge on any atom is -0.324 e. The maximum absolute atomic E-state index is 12.7. The van der Waals surface area contributed by atoms with Gasteiger partial charge >= 0.3 is 0 Å². The monoisotopic (exact) mass is 474 g/mol. The van der Waals surface area contributed by atoms with Crippen molar-refractivity contribution in [3.05, 3.63) is 28.2 Å². The second-order valence-electron chi connectivity index (χ2n) is 9.60. The Bertz CT molecular complexity index is 1040. The summed E-state index contributed by atoms with van der Waals surface area (Å²) in [4.78, 5) is 26.0. The van der Waals surface area contributed by atoms with Crippen LogP contribution >= 0.6 is 34.7 Å². The molecule has 4 saturated carbocycles. The number of fused-ring (bicyclic) bond motifs is 1. The number of amides is 2. The highest BCUT2D eigenvalue weighted by Gasteiger charge is 2.53. The molecule has 1 aromatic carbocycles. The molecule has 1 aromatic heterocycles. The first-order chi connectivity index (χ1) is 15.0. The van der Waals surface area contributed by atoms with Crippen molar-refractivity contribution in [2.24, 2.45) is 17.8 Å². The lowest BCUT2D eigenvalue weighted by Crippen LogP contribution is -2.48. The van der Waals surface area contributed by atoms with Gasteiger partial charge in [-0.05, 0) is 74.5 Å². The average Bonchev–Trinajstić information content (AvgIpc) is 3.17. The van der Waals surface area contributed by atoms with E-state index >= 15 is 0 Å². The maximum atomic E-state index is 12.7. The number of benzene rings is 1. The predicted molar refractivity (Wildman–Crippen MR) is 123 cm³/mol. The molecule has 162 valence electrons. The third-order valence-electron chi connectivity index (χ3n) is 7.30. The maximum Gasteiger partial charge on any atom is 0.238 e. The Morgan fingerprint density at radius 3 is 2.58 bits per heavy atom. The summed E-state index contributed by atoms with van der Waals surface area (Å²) in [7, 11) is 0. The zero-order valence-corrected chi connectivity index (χ0v) is 19.3. The van der Waals surface area contributed by atoms with Gasteiger partial charge in [-0.3, -0.25) is 9.59 Å². The molecule has 1 unspecified atom stereocenters. The fourth-order valence-corrected chi connectivity index (χ4v) is 8.70. The standard InChI is InChI=1S/C22H23ClN4O2S2/c23-14-1-2-16-15(6-14)24-19(29)17(30-16)7-18(28)25-21-27-26-20(31-21)22-8-11-3-12(9-22)5-13(4-11)10-22/h1-2,6,11-13,17H,3-5,7-10H2,(H,24,29)(H,25,27,28). The number of thioether (sulfide) groups is 1. The quantitative estimate of drug-likeness (QED) is 0.643. The zero-order valence-electron chi connectivity index (χ0n) is 16.9. The molecular formula is C22H23ClN4O2S2. The number of hydrogen-bond acceptors (Lipinski definition) is 6. The van der Waals surface area contributed by atoms with Crippen LogP contribution in [0.5, 0.6) is 0 Å². The molecule has 1 aliphatic heterocycles. The number of rotatable bonds is 4. The second kappa shape index (κ2) is 7.46. The first kappa shape index (κ1) is 20.0. The predicted octanol–water partition coefficient (Wildman–Crippen LogP) is 5.10. The van der Waals surface area contributed by atoms with Gasteiger partial charge < -0.3 is 10.6 Å². The molecule has 2 heterocycles. The molecule has 0 saturated heterocycles. The van der Waals surface area contributed by atoms with Gasteiger partial charge in [-0.15, -0.1) is 22.0 Å². The number of aromatic nitrogens is 2. The molecule has 2 amide bonds. The number of carbonyl (C=O) groups excluding carboxylic acids is 2. The fourth-order valence-electron chi connectivity index (χ4n) is 6.46. The Balaban J connectivity index is 1.12. The lowest BCUT2D eigenvalue weighted by Gasteiger charge is -2.55. The van der Waals surface area contributed by atoms with Crippen LogP contribution in [0.15, 0.2) is 23.1 Å². The minimum atomic E-state index is -0.482. The molecular weight excluding hydrogens is 452 g/mol. The molecule has 31 heavy (non-hydrogen) atoms. The highest BCUT2D eigenvalue weighted by atomic mass is 35.5. The molecule has 0 radical (unpaired) electrons. The SMILES string of the molecule is O=C(CC1Sc2ccc(Cl)cc2NC1=O)Nc1nnc(C23CC4CC(CC(C4)C2)C3)s1. The Labute approximate surface area is 193 Å². The Morgan fingerprint density at radius 2 is 1.87 bits per heavy atom. The summed E-state index contributed by atoms with van der Waals surface area (Å²) in [5, 5.41) is 16.3. The highest BCUT2D eigenvalue weighted by Crippen LogP contribution is 2.61. The van der Waals surface area contributed by atoms with E-state index in [-0.39, 0.29) is 23.7 Å². The molecule has 2 N–H and O–H groups in total. The lowest BCUT2D eigenvalue weighted by atomic mass is 9.50. The number of halogens is 1. The van der Waals surface area contributed by atoms with Gasteiger partial charge in [-0.25, -0.2) is 0 Å². The molecule has 0 spiro atoms. The van der Waals surface area contributed by atoms with E-state index in [9.17, 15) is 9.59 Å². The zero-order chi connectivity index (χ0) is 21.2. The summed E-state index contributed by atoms with van der Waals surface area (Å²) in [6.45, 7) is 0. The molecule has 5 aliphatic rings. The summed E-state index contributed by atoms with van der Waals surface area (Å²) in [5.41, 5.74) is 0.878. The van der Waals surface area contributed by atoms with E-state index in [1.807, 2.05) is 6.07 Å². The van der Waals surface area contributed by atoms with Crippen molar-refractivity contribution in [3.63, 3.8) is 0 Å². The molecule has 4 bridgehead atoms. The van der Waals surface area contributed by atoms with E-state index in [4.69, 9.17) is 11.6 Å². The third kappa shape index (κ3) is 3.66. The molecule has 9 heteroatoms. The van der Waals surface area contributed by atoms with Crippen molar-refractivity contribution in [1.82, 2.24) is 10.2 Å². The number of hydrogen-bond donors (Lipinski definition) is 2. The Hall–Kier alpha value is -1.64. The van der Waals surface area contributed by atoms with Crippen LogP contribution in [0.25, 0.3) is 0 Å². The van der Waals surface area contributed by atoms with Crippen molar-refractivity contribution in [1.29, 1.82) is 0 Å². The van der Waals surface area contributed by atoms with Crippen molar-refractivity contribution in [2.45, 2.75) is 60.5 Å². The van der Waals surface area contributed by atoms with E-state index in [2.05, 4.69) is 20.8 Å². The van der Waals surface area contributed by atoms with Gasteiger partial charge in [-0.1, -0.05) is 22.9 Å². The van der Waals surface area contributed by atoms with Crippen molar-refractivity contribution < 1.29 is 9.59 Å². The molecule has 1 atom stereocenters. The smallest absolute Gasteiger partial charge is 0.238 e. The van der Waals surface area contributed by atoms with Crippen LogP contribution < -0.4 is 10.6 Å². The molecule has 4 aliphatic carbocycles. The summed E-state index contributed by atoms with van der Waals surface area (Å²) >= 11 is 8.92. The van der Waals surface area contributed by atoms with Crippen molar-refractivity contribution >= 4 is 57.3 Å². The highest BCUT2D eigenvalue weighted by molar-refractivity contribution is 8.01. The van der Waals surface area contributed by atoms with Gasteiger partial charge in [-0.2, -0.15) is 0 Å². The van der Waals surface area contributed by atoms with Gasteiger partial charge in [0.25, 0.3) is 0 Å². The van der Waals surface area contributed by atoms with Crippen LogP contribution in [-0.2, 0) is 15.0 Å². The Morgan fingerprint density at radius 1 is 1.16 bits per heavy atom. The summed E-state index contributed by atoms with van der Waals surface area (Å²) in [6, 6.07) is 5.38. The van der Waals surface area contributed by atoms with E-state index < -0.39 is 5.25 Å². The topological polar surface area (TPSA) is 84.0 Å². The van der Waals surface area contributed by atoms with Gasteiger partial charge in [0.2, 0.25) is 16.9 Å². The number of nitrogens with one attached hydrogen (secondary N) is 2. The third-order valence-corrected chi connectivity index (χ3v) is 9.89. The minimum absolute atomic E-state index is 0.0881. The van der Waals surface area contributed by atoms with Gasteiger partial charge in [0.15, 0.2) is 0 Å². The van der Waals surface area contributed by atoms with E-state index in [0.29, 0.717) is 15.8 Å². The van der Waals surface area contributed by atoms with E-state index in [0.717, 1.165) is 27.7 Å². The van der Waals surface area contributed by atoms with Crippen LogP contribution in [0.1, 0.15) is 50.0 Å². The van der Waals surface area contributed by atoms with Crippen LogP contribution in [-0.4, -0.2) is 27.3 Å². The first-order valence-electron chi connectivity index (χ1n) is 10.9. The largest absolute Gasteiger partial charge is 0.324 e. The van der Waals surface area contributed by atoms with E-state index in [1.54, 1.807) is 12.1 Å². The average molecular weight is 475 g/mol. The normalized spacial score (nSPS) is 33.1. The van der Waals surface area contributed by atoms with E-state index in [1.165, 1.54) is 61.6 Å². The van der Waals surface area contributed by atoms with Gasteiger partial charge in [0.1, 0.15) is 5.01 Å². The van der Waals surface area contributed by atoms with Crippen LogP contribution in [0.4, 0.5) is 10.8 Å². The number of carbonyl (C=O) groups is 2. The lowest BCUT2D eigenvalue weighted by molar-refractivity contribution is -0.120. The van der Waals surface area contributed by atoms with Crippen molar-refractivity contribution in [3.8, 4) is 0 Å². The van der Waals surface area contributed by atoms with Crippen LogP contribution in [0.3, 0.4) is 0 Å². The molecule has 4 fully saturated rings. The van der Waals surface area contributed by atoms with Crippen molar-refractivity contribution in [2.75, 3.05) is 10.6 Å². The second-order valence-corrected chi connectivity index (χ2v) is 12.3. The number of nitrogens with zero attached hydrogens (tertiary/aromatic N) is 2.